The molecule has 1 amide bonds. The van der Waals surface area contributed by atoms with E-state index in [-0.39, 0.29) is 23.3 Å². The predicted octanol–water partition coefficient (Wildman–Crippen LogP) is 0.538. The highest BCUT2D eigenvalue weighted by atomic mass is 32.2. The fraction of sp³-hybridized carbons (Fsp3) is 0.929. The van der Waals surface area contributed by atoms with Gasteiger partial charge in [0.2, 0.25) is 15.9 Å². The van der Waals surface area contributed by atoms with Crippen molar-refractivity contribution >= 4 is 15.9 Å². The number of rotatable bonds is 5. The van der Waals surface area contributed by atoms with Crippen LogP contribution in [0.5, 0.6) is 0 Å². The second-order valence-electron chi connectivity index (χ2n) is 7.14. The smallest absolute Gasteiger partial charge is 0.224 e. The van der Waals surface area contributed by atoms with Crippen molar-refractivity contribution < 1.29 is 13.2 Å². The van der Waals surface area contributed by atoms with Crippen molar-refractivity contribution in [2.75, 3.05) is 25.9 Å². The summed E-state index contributed by atoms with van der Waals surface area (Å²) in [5, 5.41) is 3.02. The largest absolute Gasteiger partial charge is 0.353 e. The van der Waals surface area contributed by atoms with Crippen LogP contribution in [0.1, 0.15) is 40.0 Å². The number of hydrogen-bond donors (Lipinski definition) is 2. The lowest BCUT2D eigenvalue weighted by Gasteiger charge is -2.32. The Bertz CT molecular complexity index is 449. The third kappa shape index (κ3) is 6.32. The molecule has 1 saturated heterocycles. The van der Waals surface area contributed by atoms with Crippen LogP contribution >= 0.6 is 0 Å². The van der Waals surface area contributed by atoms with Gasteiger partial charge < -0.3 is 11.1 Å². The summed E-state index contributed by atoms with van der Waals surface area (Å²) in [5.41, 5.74) is 5.77. The minimum atomic E-state index is -3.12. The third-order valence-electron chi connectivity index (χ3n) is 3.78. The van der Waals surface area contributed by atoms with Crippen molar-refractivity contribution in [3.63, 3.8) is 0 Å². The fourth-order valence-corrected chi connectivity index (χ4v) is 3.55. The Balaban J connectivity index is 2.49. The molecule has 124 valence electrons. The van der Waals surface area contributed by atoms with Gasteiger partial charge in [0.05, 0.1) is 12.2 Å². The maximum atomic E-state index is 12.3. The Morgan fingerprint density at radius 1 is 1.33 bits per heavy atom. The van der Waals surface area contributed by atoms with Crippen molar-refractivity contribution in [2.24, 2.45) is 17.1 Å². The van der Waals surface area contributed by atoms with E-state index >= 15 is 0 Å². The van der Waals surface area contributed by atoms with Gasteiger partial charge in [-0.15, -0.1) is 0 Å². The molecule has 1 fully saturated rings. The SMILES string of the molecule is CC(C)(C)CC(CN)C(=O)NC1CCN(S(C)(=O)=O)CC1. The molecule has 1 heterocycles. The van der Waals surface area contributed by atoms with E-state index in [0.29, 0.717) is 32.5 Å². The highest BCUT2D eigenvalue weighted by Crippen LogP contribution is 2.24. The van der Waals surface area contributed by atoms with Crippen LogP contribution in [0.15, 0.2) is 0 Å². The van der Waals surface area contributed by atoms with Crippen LogP contribution in [0.3, 0.4) is 0 Å². The number of hydrogen-bond acceptors (Lipinski definition) is 4. The fourth-order valence-electron chi connectivity index (χ4n) is 2.67. The first-order valence-electron chi connectivity index (χ1n) is 7.48. The Kier molecular flexibility index (Phi) is 6.19. The molecule has 21 heavy (non-hydrogen) atoms. The Hall–Kier alpha value is -0.660. The van der Waals surface area contributed by atoms with Gasteiger partial charge in [0, 0.05) is 25.7 Å². The quantitative estimate of drug-likeness (QED) is 0.773. The number of piperidine rings is 1. The third-order valence-corrected chi connectivity index (χ3v) is 5.09. The summed E-state index contributed by atoms with van der Waals surface area (Å²) in [7, 11) is -3.12. The standard InChI is InChI=1S/C14H29N3O3S/c1-14(2,3)9-11(10-15)13(18)16-12-5-7-17(8-6-12)21(4,19)20/h11-12H,5-10,15H2,1-4H3,(H,16,18). The summed E-state index contributed by atoms with van der Waals surface area (Å²) >= 11 is 0. The number of carbonyl (C=O) groups excluding carboxylic acids is 1. The Morgan fingerprint density at radius 3 is 2.24 bits per heavy atom. The normalized spacial score (nSPS) is 20.2. The van der Waals surface area contributed by atoms with Crippen molar-refractivity contribution in [2.45, 2.75) is 46.1 Å². The Morgan fingerprint density at radius 2 is 1.86 bits per heavy atom. The van der Waals surface area contributed by atoms with Crippen LogP contribution in [0.2, 0.25) is 0 Å². The molecule has 1 aliphatic heterocycles. The van der Waals surface area contributed by atoms with Crippen molar-refractivity contribution in [1.29, 1.82) is 0 Å². The molecule has 1 atom stereocenters. The van der Waals surface area contributed by atoms with Gasteiger partial charge in [0.1, 0.15) is 0 Å². The number of carbonyl (C=O) groups is 1. The maximum Gasteiger partial charge on any atom is 0.224 e. The van der Waals surface area contributed by atoms with Gasteiger partial charge in [0.15, 0.2) is 0 Å². The van der Waals surface area contributed by atoms with Gasteiger partial charge in [-0.3, -0.25) is 4.79 Å². The highest BCUT2D eigenvalue weighted by Gasteiger charge is 2.29. The van der Waals surface area contributed by atoms with Crippen LogP contribution in [0.4, 0.5) is 0 Å². The summed E-state index contributed by atoms with van der Waals surface area (Å²) in [5.74, 6) is -0.192. The minimum Gasteiger partial charge on any atom is -0.353 e. The van der Waals surface area contributed by atoms with E-state index in [2.05, 4.69) is 26.1 Å². The minimum absolute atomic E-state index is 0.00905. The highest BCUT2D eigenvalue weighted by molar-refractivity contribution is 7.88. The summed E-state index contributed by atoms with van der Waals surface area (Å²) in [6, 6.07) is 0.0459. The first kappa shape index (κ1) is 18.4. The molecule has 6 nitrogen and oxygen atoms in total. The molecule has 0 saturated carbocycles. The second kappa shape index (κ2) is 7.07. The van der Waals surface area contributed by atoms with Crippen LogP contribution in [-0.4, -0.2) is 50.6 Å². The van der Waals surface area contributed by atoms with Gasteiger partial charge in [-0.1, -0.05) is 20.8 Å². The first-order valence-corrected chi connectivity index (χ1v) is 9.33. The summed E-state index contributed by atoms with van der Waals surface area (Å²) in [6.07, 6.45) is 3.29. The van der Waals surface area contributed by atoms with E-state index in [1.165, 1.54) is 10.6 Å². The van der Waals surface area contributed by atoms with Crippen molar-refractivity contribution in [3.8, 4) is 0 Å². The zero-order valence-corrected chi connectivity index (χ0v) is 14.4. The van der Waals surface area contributed by atoms with Gasteiger partial charge in [-0.25, -0.2) is 12.7 Å². The molecule has 1 unspecified atom stereocenters. The van der Waals surface area contributed by atoms with E-state index in [1.807, 2.05) is 0 Å². The molecule has 0 aromatic heterocycles. The van der Waals surface area contributed by atoms with E-state index in [0.717, 1.165) is 6.42 Å². The Labute approximate surface area is 128 Å². The topological polar surface area (TPSA) is 92.5 Å². The number of amides is 1. The summed E-state index contributed by atoms with van der Waals surface area (Å²) < 4.78 is 24.4. The van der Waals surface area contributed by atoms with E-state index < -0.39 is 10.0 Å². The number of sulfonamides is 1. The van der Waals surface area contributed by atoms with Crippen molar-refractivity contribution in [3.05, 3.63) is 0 Å². The monoisotopic (exact) mass is 319 g/mol. The number of nitrogens with two attached hydrogens (primary N) is 1. The molecule has 1 rings (SSSR count). The van der Waals surface area contributed by atoms with Gasteiger partial charge in [-0.05, 0) is 24.7 Å². The molecular weight excluding hydrogens is 290 g/mol. The maximum absolute atomic E-state index is 12.3. The lowest BCUT2D eigenvalue weighted by molar-refractivity contribution is -0.126. The molecule has 3 N–H and O–H groups in total. The second-order valence-corrected chi connectivity index (χ2v) is 9.12. The lowest BCUT2D eigenvalue weighted by Crippen LogP contribution is -2.48. The molecule has 0 aromatic carbocycles. The number of nitrogens with one attached hydrogen (secondary N) is 1. The number of nitrogens with zero attached hydrogens (tertiary/aromatic N) is 1. The average Bonchev–Trinajstić information content (AvgIpc) is 2.34. The average molecular weight is 319 g/mol. The van der Waals surface area contributed by atoms with Crippen LogP contribution < -0.4 is 11.1 Å². The van der Waals surface area contributed by atoms with Crippen molar-refractivity contribution in [1.82, 2.24) is 9.62 Å². The molecule has 0 bridgehead atoms. The molecule has 0 aliphatic carbocycles. The molecule has 0 spiro atoms. The van der Waals surface area contributed by atoms with Gasteiger partial charge in [0.25, 0.3) is 0 Å². The van der Waals surface area contributed by atoms with Crippen LogP contribution in [0, 0.1) is 11.3 Å². The summed E-state index contributed by atoms with van der Waals surface area (Å²) in [6.45, 7) is 7.55. The zero-order chi connectivity index (χ0) is 16.3. The van der Waals surface area contributed by atoms with E-state index in [4.69, 9.17) is 5.73 Å². The first-order chi connectivity index (χ1) is 9.53. The molecule has 0 radical (unpaired) electrons. The predicted molar refractivity (Wildman–Crippen MR) is 84.2 cm³/mol. The molecular formula is C14H29N3O3S. The molecule has 7 heteroatoms. The van der Waals surface area contributed by atoms with E-state index in [1.54, 1.807) is 0 Å². The van der Waals surface area contributed by atoms with Gasteiger partial charge >= 0.3 is 0 Å². The molecule has 1 aliphatic rings. The van der Waals surface area contributed by atoms with Gasteiger partial charge in [-0.2, -0.15) is 0 Å². The van der Waals surface area contributed by atoms with Crippen LogP contribution in [0.25, 0.3) is 0 Å². The zero-order valence-electron chi connectivity index (χ0n) is 13.6. The summed E-state index contributed by atoms with van der Waals surface area (Å²) in [4.78, 5) is 12.3. The lowest BCUT2D eigenvalue weighted by atomic mass is 9.84. The van der Waals surface area contributed by atoms with E-state index in [9.17, 15) is 13.2 Å². The van der Waals surface area contributed by atoms with Crippen LogP contribution in [-0.2, 0) is 14.8 Å². The molecule has 0 aromatic rings.